The molecule has 0 saturated carbocycles. The van der Waals surface area contributed by atoms with E-state index in [1.807, 2.05) is 13.0 Å². The number of hydrogen-bond acceptors (Lipinski definition) is 4. The molecular weight excluding hydrogens is 268 g/mol. The lowest BCUT2D eigenvalue weighted by atomic mass is 10.1. The van der Waals surface area contributed by atoms with Gasteiger partial charge in [-0.25, -0.2) is 0 Å². The molecule has 21 heavy (non-hydrogen) atoms. The standard InChI is InChI=1S/C16H14N2O3/c1-10-6-7-13(19)12(8-10)16(20)18-15-11(9-17)4-3-5-14(15)21-2/h3-8,19H,1-2H3,(H,18,20). The molecule has 5 nitrogen and oxygen atoms in total. The lowest BCUT2D eigenvalue weighted by Gasteiger charge is -2.12. The zero-order valence-corrected chi connectivity index (χ0v) is 11.7. The third kappa shape index (κ3) is 2.95. The van der Waals surface area contributed by atoms with Gasteiger partial charge in [-0.05, 0) is 31.2 Å². The Kier molecular flexibility index (Phi) is 4.10. The van der Waals surface area contributed by atoms with Crippen molar-refractivity contribution >= 4 is 11.6 Å². The predicted octanol–water partition coefficient (Wildman–Crippen LogP) is 2.83. The number of aromatic hydroxyl groups is 1. The zero-order chi connectivity index (χ0) is 15.4. The number of para-hydroxylation sites is 1. The molecule has 0 aromatic heterocycles. The van der Waals surface area contributed by atoms with Crippen LogP contribution in [0.3, 0.4) is 0 Å². The van der Waals surface area contributed by atoms with Crippen LogP contribution in [0.5, 0.6) is 11.5 Å². The van der Waals surface area contributed by atoms with Crippen molar-refractivity contribution in [1.82, 2.24) is 0 Å². The second-order valence-electron chi connectivity index (χ2n) is 4.47. The van der Waals surface area contributed by atoms with E-state index in [9.17, 15) is 9.90 Å². The van der Waals surface area contributed by atoms with E-state index in [-0.39, 0.29) is 22.6 Å². The van der Waals surface area contributed by atoms with Gasteiger partial charge in [0.05, 0.1) is 18.2 Å². The summed E-state index contributed by atoms with van der Waals surface area (Å²) in [5, 5.41) is 21.5. The van der Waals surface area contributed by atoms with E-state index in [1.165, 1.54) is 13.2 Å². The molecule has 0 unspecified atom stereocenters. The van der Waals surface area contributed by atoms with Crippen molar-refractivity contribution in [3.8, 4) is 17.6 Å². The summed E-state index contributed by atoms with van der Waals surface area (Å²) in [6, 6.07) is 11.6. The Bertz CT molecular complexity index is 733. The van der Waals surface area contributed by atoms with E-state index >= 15 is 0 Å². The number of benzene rings is 2. The van der Waals surface area contributed by atoms with Gasteiger partial charge in [0.25, 0.3) is 5.91 Å². The van der Waals surface area contributed by atoms with Crippen LogP contribution < -0.4 is 10.1 Å². The number of nitriles is 1. The third-order valence-electron chi connectivity index (χ3n) is 3.00. The smallest absolute Gasteiger partial charge is 0.259 e. The average Bonchev–Trinajstić information content (AvgIpc) is 2.49. The quantitative estimate of drug-likeness (QED) is 0.906. The van der Waals surface area contributed by atoms with Crippen molar-refractivity contribution < 1.29 is 14.6 Å². The van der Waals surface area contributed by atoms with Crippen LogP contribution >= 0.6 is 0 Å². The number of methoxy groups -OCH3 is 1. The van der Waals surface area contributed by atoms with E-state index in [1.54, 1.807) is 30.3 Å². The molecule has 0 aliphatic rings. The highest BCUT2D eigenvalue weighted by Gasteiger charge is 2.16. The van der Waals surface area contributed by atoms with Gasteiger partial charge in [0.2, 0.25) is 0 Å². The van der Waals surface area contributed by atoms with Crippen LogP contribution in [-0.2, 0) is 0 Å². The molecule has 0 aliphatic carbocycles. The SMILES string of the molecule is COc1cccc(C#N)c1NC(=O)c1cc(C)ccc1O. The number of aryl methyl sites for hydroxylation is 1. The number of phenols is 1. The maximum atomic E-state index is 12.3. The second-order valence-corrected chi connectivity index (χ2v) is 4.47. The highest BCUT2D eigenvalue weighted by Crippen LogP contribution is 2.29. The maximum Gasteiger partial charge on any atom is 0.259 e. The molecule has 2 aromatic rings. The van der Waals surface area contributed by atoms with Crippen LogP contribution in [0.4, 0.5) is 5.69 Å². The fourth-order valence-electron chi connectivity index (χ4n) is 1.94. The van der Waals surface area contributed by atoms with Gasteiger partial charge in [-0.2, -0.15) is 5.26 Å². The molecule has 0 heterocycles. The van der Waals surface area contributed by atoms with Gasteiger partial charge in [-0.3, -0.25) is 4.79 Å². The summed E-state index contributed by atoms with van der Waals surface area (Å²) in [5.74, 6) is -0.238. The molecule has 2 N–H and O–H groups in total. The van der Waals surface area contributed by atoms with E-state index in [2.05, 4.69) is 5.32 Å². The average molecular weight is 282 g/mol. The van der Waals surface area contributed by atoms with Crippen molar-refractivity contribution in [3.05, 3.63) is 53.1 Å². The minimum atomic E-state index is -0.503. The Morgan fingerprint density at radius 3 is 2.76 bits per heavy atom. The summed E-state index contributed by atoms with van der Waals surface area (Å²) in [5.41, 5.74) is 1.56. The normalized spacial score (nSPS) is 9.76. The number of ether oxygens (including phenoxy) is 1. The summed E-state index contributed by atoms with van der Waals surface area (Å²) < 4.78 is 5.15. The molecule has 0 spiro atoms. The number of nitrogens with one attached hydrogen (secondary N) is 1. The summed E-state index contributed by atoms with van der Waals surface area (Å²) >= 11 is 0. The molecule has 0 fully saturated rings. The lowest BCUT2D eigenvalue weighted by molar-refractivity contribution is 0.102. The summed E-state index contributed by atoms with van der Waals surface area (Å²) in [7, 11) is 1.45. The Morgan fingerprint density at radius 1 is 1.33 bits per heavy atom. The second kappa shape index (κ2) is 5.97. The van der Waals surface area contributed by atoms with Gasteiger partial charge >= 0.3 is 0 Å². The number of carbonyl (C=O) groups excluding carboxylic acids is 1. The van der Waals surface area contributed by atoms with Crippen LogP contribution in [0.1, 0.15) is 21.5 Å². The van der Waals surface area contributed by atoms with Crippen molar-refractivity contribution in [2.45, 2.75) is 6.92 Å². The molecule has 0 atom stereocenters. The van der Waals surface area contributed by atoms with Gasteiger partial charge in [0.1, 0.15) is 23.3 Å². The number of rotatable bonds is 3. The number of anilines is 1. The topological polar surface area (TPSA) is 82.3 Å². The highest BCUT2D eigenvalue weighted by molar-refractivity contribution is 6.07. The third-order valence-corrected chi connectivity index (χ3v) is 3.00. The Balaban J connectivity index is 2.41. The molecule has 0 bridgehead atoms. The van der Waals surface area contributed by atoms with E-state index in [0.29, 0.717) is 5.75 Å². The van der Waals surface area contributed by atoms with Crippen molar-refractivity contribution in [2.24, 2.45) is 0 Å². The molecule has 0 saturated heterocycles. The molecule has 0 aliphatic heterocycles. The number of amides is 1. The maximum absolute atomic E-state index is 12.3. The monoisotopic (exact) mass is 282 g/mol. The fourth-order valence-corrected chi connectivity index (χ4v) is 1.94. The van der Waals surface area contributed by atoms with Gasteiger partial charge < -0.3 is 15.2 Å². The van der Waals surface area contributed by atoms with Crippen LogP contribution in [0.2, 0.25) is 0 Å². The van der Waals surface area contributed by atoms with Gasteiger partial charge in [0, 0.05) is 0 Å². The molecule has 1 amide bonds. The summed E-state index contributed by atoms with van der Waals surface area (Å²) in [4.78, 5) is 12.3. The molecule has 2 aromatic carbocycles. The minimum Gasteiger partial charge on any atom is -0.507 e. The number of nitrogens with zero attached hydrogens (tertiary/aromatic N) is 1. The Labute approximate surface area is 122 Å². The number of carbonyl (C=O) groups is 1. The van der Waals surface area contributed by atoms with Crippen molar-refractivity contribution in [2.75, 3.05) is 12.4 Å². The van der Waals surface area contributed by atoms with Crippen molar-refractivity contribution in [3.63, 3.8) is 0 Å². The van der Waals surface area contributed by atoms with Gasteiger partial charge in [0.15, 0.2) is 0 Å². The first-order valence-corrected chi connectivity index (χ1v) is 6.25. The number of hydrogen-bond donors (Lipinski definition) is 2. The Hall–Kier alpha value is -3.00. The fraction of sp³-hybridized carbons (Fsp3) is 0.125. The van der Waals surface area contributed by atoms with Crippen LogP contribution in [0.15, 0.2) is 36.4 Å². The highest BCUT2D eigenvalue weighted by atomic mass is 16.5. The predicted molar refractivity (Wildman–Crippen MR) is 78.5 cm³/mol. The van der Waals surface area contributed by atoms with Crippen LogP contribution in [0, 0.1) is 18.3 Å². The first-order valence-electron chi connectivity index (χ1n) is 6.25. The zero-order valence-electron chi connectivity index (χ0n) is 11.7. The molecule has 106 valence electrons. The summed E-state index contributed by atoms with van der Waals surface area (Å²) in [6.07, 6.45) is 0. The lowest BCUT2D eigenvalue weighted by Crippen LogP contribution is -2.14. The molecule has 0 radical (unpaired) electrons. The molecule has 5 heteroatoms. The Morgan fingerprint density at radius 2 is 2.10 bits per heavy atom. The number of phenolic OH excluding ortho intramolecular Hbond substituents is 1. The van der Waals surface area contributed by atoms with E-state index in [4.69, 9.17) is 10.00 Å². The van der Waals surface area contributed by atoms with Crippen LogP contribution in [0.25, 0.3) is 0 Å². The first kappa shape index (κ1) is 14.4. The van der Waals surface area contributed by atoms with Gasteiger partial charge in [-0.15, -0.1) is 0 Å². The van der Waals surface area contributed by atoms with Gasteiger partial charge in [-0.1, -0.05) is 17.7 Å². The van der Waals surface area contributed by atoms with Crippen LogP contribution in [-0.4, -0.2) is 18.1 Å². The van der Waals surface area contributed by atoms with E-state index < -0.39 is 5.91 Å². The molecular formula is C16H14N2O3. The largest absolute Gasteiger partial charge is 0.507 e. The van der Waals surface area contributed by atoms with Crippen molar-refractivity contribution in [1.29, 1.82) is 5.26 Å². The first-order chi connectivity index (χ1) is 10.1. The summed E-state index contributed by atoms with van der Waals surface area (Å²) in [6.45, 7) is 1.82. The van der Waals surface area contributed by atoms with E-state index in [0.717, 1.165) is 5.56 Å². The molecule has 2 rings (SSSR count). The minimum absolute atomic E-state index is 0.119.